The van der Waals surface area contributed by atoms with Crippen molar-refractivity contribution in [2.24, 2.45) is 0 Å². The van der Waals surface area contributed by atoms with E-state index in [1.54, 1.807) is 11.8 Å². The molecule has 1 unspecified atom stereocenters. The zero-order chi connectivity index (χ0) is 17.1. The molecule has 24 heavy (non-hydrogen) atoms. The lowest BCUT2D eigenvalue weighted by atomic mass is 10.1. The molecule has 0 spiro atoms. The minimum Gasteiger partial charge on any atom is -0.470 e. The number of nitrogens with zero attached hydrogens (tertiary/aromatic N) is 5. The van der Waals surface area contributed by atoms with E-state index < -0.39 is 0 Å². The molecule has 0 aliphatic carbocycles. The second-order valence-electron chi connectivity index (χ2n) is 5.67. The minimum absolute atomic E-state index is 0.00940. The molecule has 1 atom stereocenters. The zero-order valence-corrected chi connectivity index (χ0v) is 13.5. The third-order valence-corrected chi connectivity index (χ3v) is 4.06. The summed E-state index contributed by atoms with van der Waals surface area (Å²) in [4.78, 5) is 22.2. The molecule has 0 radical (unpaired) electrons. The molecule has 0 N–H and O–H groups in total. The molecule has 8 heteroatoms. The van der Waals surface area contributed by atoms with Crippen LogP contribution in [0.15, 0.2) is 16.9 Å². The van der Waals surface area contributed by atoms with Crippen molar-refractivity contribution in [1.29, 1.82) is 5.26 Å². The van der Waals surface area contributed by atoms with E-state index in [4.69, 9.17) is 14.5 Å². The standard InChI is InChI=1S/C16H17N5O3/c1-10-13(11(2)24-20-10)7-15(22)21-6-3-12(9-21)23-16-14(8-17)18-4-5-19-16/h4-5,12H,3,6-7,9H2,1-2H3. The van der Waals surface area contributed by atoms with Crippen molar-refractivity contribution in [3.63, 3.8) is 0 Å². The van der Waals surface area contributed by atoms with Gasteiger partial charge >= 0.3 is 0 Å². The number of amides is 1. The summed E-state index contributed by atoms with van der Waals surface area (Å²) in [6.45, 7) is 4.70. The fourth-order valence-electron chi connectivity index (χ4n) is 2.71. The maximum Gasteiger partial charge on any atom is 0.251 e. The lowest BCUT2D eigenvalue weighted by Gasteiger charge is -2.17. The Hall–Kier alpha value is -2.95. The van der Waals surface area contributed by atoms with Crippen molar-refractivity contribution in [3.05, 3.63) is 35.1 Å². The van der Waals surface area contributed by atoms with Gasteiger partial charge in [-0.1, -0.05) is 5.16 Å². The number of carbonyl (C=O) groups excluding carboxylic acids is 1. The van der Waals surface area contributed by atoms with E-state index in [-0.39, 0.29) is 30.0 Å². The van der Waals surface area contributed by atoms with Gasteiger partial charge in [0.15, 0.2) is 0 Å². The average Bonchev–Trinajstić information content (AvgIpc) is 3.17. The Morgan fingerprint density at radius 3 is 2.96 bits per heavy atom. The van der Waals surface area contributed by atoms with Crippen LogP contribution in [0, 0.1) is 25.2 Å². The zero-order valence-electron chi connectivity index (χ0n) is 13.5. The maximum atomic E-state index is 12.5. The summed E-state index contributed by atoms with van der Waals surface area (Å²) in [6.07, 6.45) is 3.69. The van der Waals surface area contributed by atoms with Crippen LogP contribution in [0.5, 0.6) is 5.88 Å². The molecule has 1 fully saturated rings. The maximum absolute atomic E-state index is 12.5. The van der Waals surface area contributed by atoms with Gasteiger partial charge in [-0.15, -0.1) is 0 Å². The highest BCUT2D eigenvalue weighted by atomic mass is 16.5. The van der Waals surface area contributed by atoms with Gasteiger partial charge in [0.25, 0.3) is 5.88 Å². The third-order valence-electron chi connectivity index (χ3n) is 4.06. The Morgan fingerprint density at radius 2 is 2.25 bits per heavy atom. The number of hydrogen-bond acceptors (Lipinski definition) is 7. The molecular weight excluding hydrogens is 310 g/mol. The Balaban J connectivity index is 1.61. The van der Waals surface area contributed by atoms with Crippen molar-refractivity contribution >= 4 is 5.91 Å². The molecule has 2 aromatic rings. The predicted molar refractivity (Wildman–Crippen MR) is 82.0 cm³/mol. The van der Waals surface area contributed by atoms with E-state index in [9.17, 15) is 4.79 Å². The van der Waals surface area contributed by atoms with Gasteiger partial charge in [0.1, 0.15) is 17.9 Å². The molecule has 3 rings (SSSR count). The van der Waals surface area contributed by atoms with Crippen LogP contribution in [-0.2, 0) is 11.2 Å². The van der Waals surface area contributed by atoms with Crippen molar-refractivity contribution < 1.29 is 14.1 Å². The van der Waals surface area contributed by atoms with Crippen LogP contribution < -0.4 is 4.74 Å². The summed E-state index contributed by atoms with van der Waals surface area (Å²) < 4.78 is 10.8. The summed E-state index contributed by atoms with van der Waals surface area (Å²) in [5.74, 6) is 0.895. The second kappa shape index (κ2) is 6.66. The molecule has 8 nitrogen and oxygen atoms in total. The first kappa shape index (κ1) is 15.9. The van der Waals surface area contributed by atoms with Crippen LogP contribution in [0.2, 0.25) is 0 Å². The first-order chi connectivity index (χ1) is 11.6. The predicted octanol–water partition coefficient (Wildman–Crippen LogP) is 1.18. The Bertz CT molecular complexity index is 776. The van der Waals surface area contributed by atoms with E-state index in [2.05, 4.69) is 15.1 Å². The molecular formula is C16H17N5O3. The average molecular weight is 327 g/mol. The van der Waals surface area contributed by atoms with Gasteiger partial charge in [-0.25, -0.2) is 9.97 Å². The van der Waals surface area contributed by atoms with Gasteiger partial charge in [-0.2, -0.15) is 5.26 Å². The monoisotopic (exact) mass is 327 g/mol. The first-order valence-corrected chi connectivity index (χ1v) is 7.65. The van der Waals surface area contributed by atoms with Gasteiger partial charge in [-0.05, 0) is 13.8 Å². The quantitative estimate of drug-likeness (QED) is 0.830. The van der Waals surface area contributed by atoms with Crippen molar-refractivity contribution in [3.8, 4) is 11.9 Å². The van der Waals surface area contributed by atoms with Gasteiger partial charge in [0.05, 0.1) is 18.7 Å². The number of aryl methyl sites for hydroxylation is 2. The summed E-state index contributed by atoms with van der Waals surface area (Å²) >= 11 is 0. The Morgan fingerprint density at radius 1 is 1.46 bits per heavy atom. The number of aromatic nitrogens is 3. The van der Waals surface area contributed by atoms with E-state index in [1.165, 1.54) is 12.4 Å². The largest absolute Gasteiger partial charge is 0.470 e. The lowest BCUT2D eigenvalue weighted by Crippen LogP contribution is -2.32. The summed E-state index contributed by atoms with van der Waals surface area (Å²) in [6, 6.07) is 1.95. The number of nitriles is 1. The fourth-order valence-corrected chi connectivity index (χ4v) is 2.71. The SMILES string of the molecule is Cc1noc(C)c1CC(=O)N1CCC(Oc2nccnc2C#N)C1. The van der Waals surface area contributed by atoms with Gasteiger partial charge in [-0.3, -0.25) is 4.79 Å². The highest BCUT2D eigenvalue weighted by Crippen LogP contribution is 2.20. The number of carbonyl (C=O) groups is 1. The molecule has 1 aliphatic rings. The Labute approximate surface area is 139 Å². The molecule has 124 valence electrons. The van der Waals surface area contributed by atoms with E-state index in [0.29, 0.717) is 25.3 Å². The Kier molecular flexibility index (Phi) is 4.42. The van der Waals surface area contributed by atoms with Gasteiger partial charge < -0.3 is 14.2 Å². The second-order valence-corrected chi connectivity index (χ2v) is 5.67. The molecule has 1 saturated heterocycles. The number of ether oxygens (including phenoxy) is 1. The number of hydrogen-bond donors (Lipinski definition) is 0. The smallest absolute Gasteiger partial charge is 0.251 e. The minimum atomic E-state index is -0.192. The number of rotatable bonds is 4. The lowest BCUT2D eigenvalue weighted by molar-refractivity contribution is -0.129. The molecule has 2 aromatic heterocycles. The van der Waals surface area contributed by atoms with E-state index in [1.807, 2.05) is 13.0 Å². The van der Waals surface area contributed by atoms with Crippen LogP contribution in [0.1, 0.15) is 29.1 Å². The summed E-state index contributed by atoms with van der Waals surface area (Å²) in [7, 11) is 0. The summed E-state index contributed by atoms with van der Waals surface area (Å²) in [5, 5.41) is 12.9. The molecule has 1 aliphatic heterocycles. The van der Waals surface area contributed by atoms with Crippen LogP contribution in [-0.4, -0.2) is 45.1 Å². The summed E-state index contributed by atoms with van der Waals surface area (Å²) in [5.41, 5.74) is 1.73. The highest BCUT2D eigenvalue weighted by molar-refractivity contribution is 5.79. The van der Waals surface area contributed by atoms with Gasteiger partial charge in [0, 0.05) is 30.9 Å². The number of likely N-dealkylation sites (tertiary alicyclic amines) is 1. The molecule has 0 aromatic carbocycles. The topological polar surface area (TPSA) is 105 Å². The fraction of sp³-hybridized carbons (Fsp3) is 0.438. The molecule has 0 bridgehead atoms. The molecule has 3 heterocycles. The van der Waals surface area contributed by atoms with Crippen molar-refractivity contribution in [1.82, 2.24) is 20.0 Å². The van der Waals surface area contributed by atoms with Crippen molar-refractivity contribution in [2.45, 2.75) is 32.8 Å². The van der Waals surface area contributed by atoms with Crippen molar-refractivity contribution in [2.75, 3.05) is 13.1 Å². The van der Waals surface area contributed by atoms with Crippen LogP contribution >= 0.6 is 0 Å². The van der Waals surface area contributed by atoms with Crippen LogP contribution in [0.3, 0.4) is 0 Å². The van der Waals surface area contributed by atoms with Crippen LogP contribution in [0.25, 0.3) is 0 Å². The third kappa shape index (κ3) is 3.20. The molecule has 1 amide bonds. The molecule has 0 saturated carbocycles. The van der Waals surface area contributed by atoms with Crippen LogP contribution in [0.4, 0.5) is 0 Å². The highest BCUT2D eigenvalue weighted by Gasteiger charge is 2.29. The van der Waals surface area contributed by atoms with E-state index in [0.717, 1.165) is 11.3 Å². The normalized spacial score (nSPS) is 16.9. The van der Waals surface area contributed by atoms with E-state index >= 15 is 0 Å². The first-order valence-electron chi connectivity index (χ1n) is 7.65. The van der Waals surface area contributed by atoms with Gasteiger partial charge in [0.2, 0.25) is 11.6 Å².